The first-order valence-electron chi connectivity index (χ1n) is 7.72. The quantitative estimate of drug-likeness (QED) is 0.649. The molecule has 23 heavy (non-hydrogen) atoms. The minimum absolute atomic E-state index is 0.00570. The lowest BCUT2D eigenvalue weighted by Crippen LogP contribution is -2.23. The second-order valence-electron chi connectivity index (χ2n) is 6.30. The summed E-state index contributed by atoms with van der Waals surface area (Å²) in [5, 5.41) is 1.02. The van der Waals surface area contributed by atoms with E-state index >= 15 is 0 Å². The van der Waals surface area contributed by atoms with E-state index in [-0.39, 0.29) is 11.8 Å². The second kappa shape index (κ2) is 5.24. The molecule has 2 N–H and O–H groups in total. The Hall–Kier alpha value is -2.07. The molecule has 0 radical (unpaired) electrons. The molecular weight excluding hydrogens is 352 g/mol. The average Bonchev–Trinajstić information content (AvgIpc) is 3.05. The Morgan fingerprint density at radius 2 is 1.91 bits per heavy atom. The van der Waals surface area contributed by atoms with E-state index < -0.39 is 0 Å². The van der Waals surface area contributed by atoms with E-state index in [1.54, 1.807) is 0 Å². The zero-order valence-corrected chi connectivity index (χ0v) is 14.4. The van der Waals surface area contributed by atoms with Crippen LogP contribution in [0.5, 0.6) is 0 Å². The number of hydrogen-bond donors (Lipinski definition) is 1. The number of nitrogen functional groups attached to an aromatic ring is 1. The number of hydrogen-bond acceptors (Lipinski definition) is 2. The summed E-state index contributed by atoms with van der Waals surface area (Å²) < 4.78 is 2.92. The second-order valence-corrected chi connectivity index (χ2v) is 7.21. The monoisotopic (exact) mass is 368 g/mol. The van der Waals surface area contributed by atoms with Crippen molar-refractivity contribution in [3.05, 3.63) is 63.8 Å². The molecule has 4 heteroatoms. The fourth-order valence-corrected chi connectivity index (χ4v) is 4.02. The number of carbonyl (C=O) groups excluding carboxylic acids is 1. The predicted molar refractivity (Wildman–Crippen MR) is 96.8 cm³/mol. The number of benzene rings is 2. The maximum atomic E-state index is 13.1. The van der Waals surface area contributed by atoms with Gasteiger partial charge in [-0.05, 0) is 67.3 Å². The third kappa shape index (κ3) is 2.38. The SMILES string of the molecule is Cc1cc2cc(N)ccc2n1C(=O)C1Cc2ccc(Br)cc2C1. The first-order valence-corrected chi connectivity index (χ1v) is 8.51. The Bertz CT molecular complexity index is 942. The van der Waals surface area contributed by atoms with Crippen molar-refractivity contribution >= 4 is 38.4 Å². The molecule has 0 saturated carbocycles. The smallest absolute Gasteiger partial charge is 0.235 e. The van der Waals surface area contributed by atoms with Crippen molar-refractivity contribution in [3.8, 4) is 0 Å². The maximum absolute atomic E-state index is 13.1. The van der Waals surface area contributed by atoms with Crippen LogP contribution in [0.4, 0.5) is 5.69 Å². The van der Waals surface area contributed by atoms with Gasteiger partial charge in [0.25, 0.3) is 0 Å². The summed E-state index contributed by atoms with van der Waals surface area (Å²) in [6.45, 7) is 1.98. The molecule has 0 bridgehead atoms. The molecule has 0 aliphatic heterocycles. The van der Waals surface area contributed by atoms with Crippen LogP contribution < -0.4 is 5.73 Å². The predicted octanol–water partition coefficient (Wildman–Crippen LogP) is 4.35. The molecule has 1 atom stereocenters. The van der Waals surface area contributed by atoms with Crippen LogP contribution in [0.25, 0.3) is 10.9 Å². The zero-order valence-electron chi connectivity index (χ0n) is 12.8. The topological polar surface area (TPSA) is 48.0 Å². The summed E-state index contributed by atoms with van der Waals surface area (Å²) in [4.78, 5) is 13.1. The van der Waals surface area contributed by atoms with Crippen molar-refractivity contribution in [1.82, 2.24) is 4.57 Å². The maximum Gasteiger partial charge on any atom is 0.235 e. The third-order valence-corrected chi connectivity index (χ3v) is 5.17. The van der Waals surface area contributed by atoms with E-state index in [1.165, 1.54) is 11.1 Å². The third-order valence-electron chi connectivity index (χ3n) is 4.68. The van der Waals surface area contributed by atoms with E-state index in [1.807, 2.05) is 41.8 Å². The van der Waals surface area contributed by atoms with E-state index in [0.717, 1.165) is 39.6 Å². The number of halogens is 1. The van der Waals surface area contributed by atoms with Crippen LogP contribution in [0.1, 0.15) is 21.6 Å². The Morgan fingerprint density at radius 3 is 2.74 bits per heavy atom. The van der Waals surface area contributed by atoms with Gasteiger partial charge in [-0.25, -0.2) is 0 Å². The van der Waals surface area contributed by atoms with Gasteiger partial charge in [-0.15, -0.1) is 0 Å². The highest BCUT2D eigenvalue weighted by Gasteiger charge is 2.29. The molecule has 0 spiro atoms. The normalized spacial score (nSPS) is 16.7. The van der Waals surface area contributed by atoms with Gasteiger partial charge in [0.05, 0.1) is 5.52 Å². The summed E-state index contributed by atoms with van der Waals surface area (Å²) in [6, 6.07) is 14.0. The zero-order chi connectivity index (χ0) is 16.1. The van der Waals surface area contributed by atoms with Crippen molar-refractivity contribution in [2.75, 3.05) is 5.73 Å². The summed E-state index contributed by atoms with van der Waals surface area (Å²) in [5.74, 6) is 0.181. The largest absolute Gasteiger partial charge is 0.399 e. The molecule has 4 rings (SSSR count). The Labute approximate surface area is 143 Å². The molecule has 0 fully saturated rings. The summed E-state index contributed by atoms with van der Waals surface area (Å²) >= 11 is 3.51. The van der Waals surface area contributed by atoms with Gasteiger partial charge in [0.1, 0.15) is 0 Å². The van der Waals surface area contributed by atoms with Crippen molar-refractivity contribution in [3.63, 3.8) is 0 Å². The van der Waals surface area contributed by atoms with Crippen LogP contribution in [0.2, 0.25) is 0 Å². The molecule has 2 aromatic carbocycles. The number of nitrogens with two attached hydrogens (primary N) is 1. The fourth-order valence-electron chi connectivity index (χ4n) is 3.61. The Balaban J connectivity index is 1.72. The van der Waals surface area contributed by atoms with Crippen LogP contribution in [-0.4, -0.2) is 10.5 Å². The lowest BCUT2D eigenvalue weighted by Gasteiger charge is -2.12. The first kappa shape index (κ1) is 14.5. The van der Waals surface area contributed by atoms with Crippen molar-refractivity contribution in [2.45, 2.75) is 19.8 Å². The van der Waals surface area contributed by atoms with Crippen molar-refractivity contribution < 1.29 is 4.79 Å². The lowest BCUT2D eigenvalue weighted by atomic mass is 10.1. The van der Waals surface area contributed by atoms with E-state index in [4.69, 9.17) is 5.73 Å². The number of aryl methyl sites for hydroxylation is 1. The lowest BCUT2D eigenvalue weighted by molar-refractivity contribution is 0.0843. The summed E-state index contributed by atoms with van der Waals surface area (Å²) in [5.41, 5.74) is 11.0. The van der Waals surface area contributed by atoms with E-state index in [9.17, 15) is 4.79 Å². The van der Waals surface area contributed by atoms with Crippen LogP contribution in [-0.2, 0) is 12.8 Å². The van der Waals surface area contributed by atoms with Gasteiger partial charge < -0.3 is 5.73 Å². The number of fused-ring (bicyclic) bond motifs is 2. The minimum Gasteiger partial charge on any atom is -0.399 e. The van der Waals surface area contributed by atoms with Crippen LogP contribution in [0, 0.1) is 12.8 Å². The highest BCUT2D eigenvalue weighted by molar-refractivity contribution is 9.10. The van der Waals surface area contributed by atoms with Crippen molar-refractivity contribution in [2.24, 2.45) is 5.92 Å². The van der Waals surface area contributed by atoms with E-state index in [2.05, 4.69) is 28.1 Å². The molecule has 1 aliphatic carbocycles. The highest BCUT2D eigenvalue weighted by atomic mass is 79.9. The molecule has 116 valence electrons. The molecule has 1 aliphatic rings. The van der Waals surface area contributed by atoms with Crippen LogP contribution in [0.15, 0.2) is 46.9 Å². The first-order chi connectivity index (χ1) is 11.0. The molecule has 0 amide bonds. The molecule has 3 aromatic rings. The van der Waals surface area contributed by atoms with Gasteiger partial charge in [0.15, 0.2) is 0 Å². The Kier molecular flexibility index (Phi) is 3.31. The van der Waals surface area contributed by atoms with Crippen molar-refractivity contribution in [1.29, 1.82) is 0 Å². The molecular formula is C19H17BrN2O. The van der Waals surface area contributed by atoms with Gasteiger partial charge in [-0.2, -0.15) is 0 Å². The standard InChI is InChI=1S/C19H17BrN2O/c1-11-6-14-10-17(21)4-5-18(14)22(11)19(23)15-7-12-2-3-16(20)9-13(12)8-15/h2-6,9-10,15H,7-8,21H2,1H3. The highest BCUT2D eigenvalue weighted by Crippen LogP contribution is 2.32. The number of aromatic nitrogens is 1. The summed E-state index contributed by atoms with van der Waals surface area (Å²) in [7, 11) is 0. The van der Waals surface area contributed by atoms with Gasteiger partial charge >= 0.3 is 0 Å². The van der Waals surface area contributed by atoms with Gasteiger partial charge in [0, 0.05) is 27.2 Å². The number of anilines is 1. The molecule has 1 aromatic heterocycles. The van der Waals surface area contributed by atoms with Gasteiger partial charge in [0.2, 0.25) is 5.91 Å². The Morgan fingerprint density at radius 1 is 1.13 bits per heavy atom. The molecule has 1 heterocycles. The number of carbonyl (C=O) groups is 1. The number of nitrogens with zero attached hydrogens (tertiary/aromatic N) is 1. The molecule has 0 saturated heterocycles. The minimum atomic E-state index is 0.00570. The summed E-state index contributed by atoms with van der Waals surface area (Å²) in [6.07, 6.45) is 1.62. The molecule has 3 nitrogen and oxygen atoms in total. The van der Waals surface area contributed by atoms with E-state index in [0.29, 0.717) is 0 Å². The van der Waals surface area contributed by atoms with Crippen LogP contribution >= 0.6 is 15.9 Å². The van der Waals surface area contributed by atoms with Gasteiger partial charge in [-0.1, -0.05) is 22.0 Å². The van der Waals surface area contributed by atoms with Crippen LogP contribution in [0.3, 0.4) is 0 Å². The fraction of sp³-hybridized carbons (Fsp3) is 0.211. The number of rotatable bonds is 1. The average molecular weight is 369 g/mol. The molecule has 1 unspecified atom stereocenters. The van der Waals surface area contributed by atoms with Gasteiger partial charge in [-0.3, -0.25) is 9.36 Å².